The lowest BCUT2D eigenvalue weighted by molar-refractivity contribution is 0.382. The van der Waals surface area contributed by atoms with Crippen molar-refractivity contribution in [1.82, 2.24) is 35.1 Å². The third-order valence-electron chi connectivity index (χ3n) is 5.11. The molecule has 0 aliphatic carbocycles. The van der Waals surface area contributed by atoms with E-state index in [0.717, 1.165) is 19.6 Å². The lowest BCUT2D eigenvalue weighted by atomic mass is 10.0. The molecule has 0 radical (unpaired) electrons. The molecule has 0 saturated carbocycles. The van der Waals surface area contributed by atoms with Gasteiger partial charge in [-0.05, 0) is 12.1 Å². The number of aromatic amines is 2. The fourth-order valence-electron chi connectivity index (χ4n) is 3.52. The van der Waals surface area contributed by atoms with Gasteiger partial charge in [-0.2, -0.15) is 10.4 Å². The van der Waals surface area contributed by atoms with Crippen molar-refractivity contribution in [3.05, 3.63) is 60.3 Å². The van der Waals surface area contributed by atoms with Crippen molar-refractivity contribution in [2.45, 2.75) is 4.90 Å². The molecular formula is C21H13F2N9O3S. The number of rotatable bonds is 6. The molecule has 0 spiro atoms. The van der Waals surface area contributed by atoms with Gasteiger partial charge < -0.3 is 9.72 Å². The summed E-state index contributed by atoms with van der Waals surface area (Å²) in [5, 5.41) is 16.9. The van der Waals surface area contributed by atoms with Crippen molar-refractivity contribution in [2.75, 3.05) is 11.8 Å². The lowest BCUT2D eigenvalue weighted by Crippen LogP contribution is -2.17. The molecule has 180 valence electrons. The van der Waals surface area contributed by atoms with E-state index < -0.39 is 32.4 Å². The number of hydrogen-bond donors (Lipinski definition) is 3. The highest BCUT2D eigenvalue weighted by molar-refractivity contribution is 7.92. The second-order valence-electron chi connectivity index (χ2n) is 7.18. The second-order valence-corrected chi connectivity index (χ2v) is 8.83. The molecule has 36 heavy (non-hydrogen) atoms. The number of imidazole rings is 1. The number of benzene rings is 1. The molecule has 0 saturated heterocycles. The number of ether oxygens (including phenoxy) is 1. The third-order valence-corrected chi connectivity index (χ3v) is 6.45. The molecule has 0 aliphatic rings. The van der Waals surface area contributed by atoms with Crippen LogP contribution in [0.25, 0.3) is 33.7 Å². The fraction of sp³-hybridized carbons (Fsp3) is 0.0476. The van der Waals surface area contributed by atoms with Gasteiger partial charge in [0.2, 0.25) is 5.88 Å². The van der Waals surface area contributed by atoms with E-state index in [-0.39, 0.29) is 28.2 Å². The van der Waals surface area contributed by atoms with Gasteiger partial charge >= 0.3 is 0 Å². The number of methoxy groups -OCH3 is 1. The van der Waals surface area contributed by atoms with Crippen molar-refractivity contribution < 1.29 is 21.9 Å². The van der Waals surface area contributed by atoms with Crippen LogP contribution in [0, 0.1) is 23.0 Å². The summed E-state index contributed by atoms with van der Waals surface area (Å²) in [6.07, 6.45) is 4.87. The van der Waals surface area contributed by atoms with Crippen LogP contribution in [0.1, 0.15) is 5.56 Å². The van der Waals surface area contributed by atoms with E-state index in [0.29, 0.717) is 23.0 Å². The maximum atomic E-state index is 15.5. The summed E-state index contributed by atoms with van der Waals surface area (Å²) in [5.74, 6) is -2.11. The van der Waals surface area contributed by atoms with Crippen LogP contribution in [-0.2, 0) is 10.0 Å². The maximum Gasteiger partial charge on any atom is 0.268 e. The van der Waals surface area contributed by atoms with E-state index in [4.69, 9.17) is 4.74 Å². The molecule has 1 aromatic carbocycles. The minimum atomic E-state index is -4.52. The maximum absolute atomic E-state index is 15.5. The number of nitriles is 1. The van der Waals surface area contributed by atoms with Gasteiger partial charge in [0.1, 0.15) is 35.0 Å². The molecule has 4 heterocycles. The summed E-state index contributed by atoms with van der Waals surface area (Å²) in [4.78, 5) is 17.8. The van der Waals surface area contributed by atoms with Crippen molar-refractivity contribution in [3.63, 3.8) is 0 Å². The predicted molar refractivity (Wildman–Crippen MR) is 121 cm³/mol. The van der Waals surface area contributed by atoms with Gasteiger partial charge in [-0.3, -0.25) is 9.82 Å². The van der Waals surface area contributed by atoms with E-state index in [1.54, 1.807) is 18.3 Å². The number of nitrogens with zero attached hydrogens (tertiary/aromatic N) is 6. The van der Waals surface area contributed by atoms with Gasteiger partial charge in [0.15, 0.2) is 22.4 Å². The lowest BCUT2D eigenvalue weighted by Gasteiger charge is -2.13. The van der Waals surface area contributed by atoms with E-state index in [1.807, 2.05) is 0 Å². The van der Waals surface area contributed by atoms with E-state index >= 15 is 4.39 Å². The Morgan fingerprint density at radius 1 is 1.17 bits per heavy atom. The van der Waals surface area contributed by atoms with Crippen LogP contribution in [0.15, 0.2) is 48.0 Å². The highest BCUT2D eigenvalue weighted by Gasteiger charge is 2.26. The van der Waals surface area contributed by atoms with Crippen LogP contribution in [0.4, 0.5) is 14.6 Å². The topological polar surface area (TPSA) is 175 Å². The zero-order chi connectivity index (χ0) is 25.4. The molecule has 0 amide bonds. The number of fused-ring (bicyclic) bond motifs is 1. The highest BCUT2D eigenvalue weighted by Crippen LogP contribution is 2.34. The van der Waals surface area contributed by atoms with Crippen LogP contribution < -0.4 is 9.46 Å². The summed E-state index contributed by atoms with van der Waals surface area (Å²) in [6, 6.07) is 5.43. The van der Waals surface area contributed by atoms with E-state index in [9.17, 15) is 18.1 Å². The molecule has 0 atom stereocenters. The molecule has 5 aromatic rings. The summed E-state index contributed by atoms with van der Waals surface area (Å²) in [6.45, 7) is 0. The SMILES string of the molecule is COc1ncc(F)cc1S(=O)(=O)Nc1ncnc(-c2ccc3c(-c4ncc[nH]4)[nH]nc3c2F)c1C#N. The first-order valence-corrected chi connectivity index (χ1v) is 11.5. The van der Waals surface area contributed by atoms with Gasteiger partial charge in [-0.1, -0.05) is 0 Å². The Morgan fingerprint density at radius 2 is 2.00 bits per heavy atom. The standard InChI is InChI=1S/C21H13F2N9O3S/c1-35-21-14(6-10(22)8-27-21)36(33,34)32-19-13(7-24)16(28-9-29-19)11-2-3-12-17(15(11)23)30-31-18(12)20-25-4-5-26-20/h2-6,8-9H,1H3,(H,25,26)(H,30,31)(H,28,29,32). The van der Waals surface area contributed by atoms with Gasteiger partial charge in [0, 0.05) is 29.4 Å². The molecule has 3 N–H and O–H groups in total. The number of hydrogen-bond acceptors (Lipinski definition) is 9. The monoisotopic (exact) mass is 509 g/mol. The Labute approximate surface area is 201 Å². The molecular weight excluding hydrogens is 496 g/mol. The summed E-state index contributed by atoms with van der Waals surface area (Å²) >= 11 is 0. The summed E-state index contributed by atoms with van der Waals surface area (Å²) in [7, 11) is -3.36. The van der Waals surface area contributed by atoms with E-state index in [2.05, 4.69) is 39.8 Å². The van der Waals surface area contributed by atoms with Crippen LogP contribution >= 0.6 is 0 Å². The van der Waals surface area contributed by atoms with Crippen LogP contribution in [-0.4, -0.2) is 50.6 Å². The molecule has 0 bridgehead atoms. The van der Waals surface area contributed by atoms with Crippen LogP contribution in [0.3, 0.4) is 0 Å². The Kier molecular flexibility index (Phi) is 5.49. The average Bonchev–Trinajstić information content (AvgIpc) is 3.54. The number of pyridine rings is 1. The van der Waals surface area contributed by atoms with Gasteiger partial charge in [0.25, 0.3) is 10.0 Å². The summed E-state index contributed by atoms with van der Waals surface area (Å²) < 4.78 is 62.1. The van der Waals surface area contributed by atoms with Crippen LogP contribution in [0.2, 0.25) is 0 Å². The molecule has 15 heteroatoms. The molecule has 4 aromatic heterocycles. The molecule has 0 unspecified atom stereocenters. The fourth-order valence-corrected chi connectivity index (χ4v) is 4.68. The van der Waals surface area contributed by atoms with Crippen LogP contribution in [0.5, 0.6) is 5.88 Å². The van der Waals surface area contributed by atoms with Crippen molar-refractivity contribution in [3.8, 4) is 34.7 Å². The van der Waals surface area contributed by atoms with E-state index in [1.165, 1.54) is 12.3 Å². The first-order valence-electron chi connectivity index (χ1n) is 9.98. The van der Waals surface area contributed by atoms with Gasteiger partial charge in [0.05, 0.1) is 19.0 Å². The highest BCUT2D eigenvalue weighted by atomic mass is 32.2. The third kappa shape index (κ3) is 3.75. The Morgan fingerprint density at radius 3 is 2.72 bits per heavy atom. The number of nitrogens with one attached hydrogen (secondary N) is 3. The zero-order valence-electron chi connectivity index (χ0n) is 18.1. The van der Waals surface area contributed by atoms with Crippen molar-refractivity contribution >= 4 is 26.7 Å². The largest absolute Gasteiger partial charge is 0.480 e. The van der Waals surface area contributed by atoms with Crippen molar-refractivity contribution in [2.24, 2.45) is 0 Å². The second kappa shape index (κ2) is 8.67. The number of sulfonamides is 1. The van der Waals surface area contributed by atoms with Crippen molar-refractivity contribution in [1.29, 1.82) is 5.26 Å². The molecule has 0 aliphatic heterocycles. The number of aromatic nitrogens is 7. The molecule has 12 nitrogen and oxygen atoms in total. The number of halogens is 2. The smallest absolute Gasteiger partial charge is 0.268 e. The zero-order valence-corrected chi connectivity index (χ0v) is 18.9. The normalized spacial score (nSPS) is 11.4. The minimum absolute atomic E-state index is 0.0425. The van der Waals surface area contributed by atoms with Gasteiger partial charge in [-0.15, -0.1) is 0 Å². The minimum Gasteiger partial charge on any atom is -0.480 e. The molecule has 5 rings (SSSR count). The first-order chi connectivity index (χ1) is 17.3. The Balaban J connectivity index is 1.60. The number of anilines is 1. The molecule has 0 fully saturated rings. The Hall–Kier alpha value is -4.97. The summed E-state index contributed by atoms with van der Waals surface area (Å²) in [5.41, 5.74) is -0.265. The Bertz CT molecular complexity index is 1760. The quantitative estimate of drug-likeness (QED) is 0.311. The van der Waals surface area contributed by atoms with Gasteiger partial charge in [-0.25, -0.2) is 37.1 Å². The first kappa shape index (κ1) is 22.8. The predicted octanol–water partition coefficient (Wildman–Crippen LogP) is 2.76. The number of H-pyrrole nitrogens is 2. The average molecular weight is 509 g/mol.